The van der Waals surface area contributed by atoms with Crippen LogP contribution in [0.3, 0.4) is 0 Å². The largest absolute Gasteiger partial charge is 0.255 e. The minimum absolute atomic E-state index is 0.862. The highest BCUT2D eigenvalue weighted by Gasteiger charge is 2.00. The lowest BCUT2D eigenvalue weighted by Gasteiger charge is -1.92. The summed E-state index contributed by atoms with van der Waals surface area (Å²) < 4.78 is 1.68. The maximum absolute atomic E-state index is 4.00. The van der Waals surface area contributed by atoms with Crippen molar-refractivity contribution in [2.24, 2.45) is 7.05 Å². The van der Waals surface area contributed by atoms with Crippen molar-refractivity contribution >= 4 is 5.57 Å². The van der Waals surface area contributed by atoms with E-state index in [-0.39, 0.29) is 0 Å². The summed E-state index contributed by atoms with van der Waals surface area (Å²) in [4.78, 5) is 0. The lowest BCUT2D eigenvalue weighted by atomic mass is 10.2. The van der Waals surface area contributed by atoms with Gasteiger partial charge in [0.1, 0.15) is 5.69 Å². The fourth-order valence-electron chi connectivity index (χ4n) is 1.01. The molecule has 0 aromatic carbocycles. The molecule has 0 unspecified atom stereocenters. The predicted octanol–water partition coefficient (Wildman–Crippen LogP) is 1.96. The molecule has 0 fully saturated rings. The molecule has 0 saturated carbocycles. The van der Waals surface area contributed by atoms with E-state index in [0.29, 0.717) is 0 Å². The van der Waals surface area contributed by atoms with E-state index >= 15 is 0 Å². The van der Waals surface area contributed by atoms with Crippen molar-refractivity contribution in [3.05, 3.63) is 42.8 Å². The van der Waals surface area contributed by atoms with Crippen molar-refractivity contribution < 1.29 is 0 Å². The Morgan fingerprint density at radius 3 is 2.85 bits per heavy atom. The highest BCUT2D eigenvalue weighted by Crippen LogP contribution is 2.11. The van der Waals surface area contributed by atoms with Crippen molar-refractivity contribution in [3.63, 3.8) is 0 Å². The maximum Gasteiger partial charge on any atom is 0.113 e. The lowest BCUT2D eigenvalue weighted by Crippen LogP contribution is -1.85. The summed E-state index contributed by atoms with van der Waals surface area (Å²) in [7, 11) is 1.84. The molecule has 0 saturated heterocycles. The van der Waals surface area contributed by atoms with Gasteiger partial charge in [-0.25, -0.2) is 0 Å². The van der Waals surface area contributed by atoms with Gasteiger partial charge in [0.05, 0.1) is 6.20 Å². The fourth-order valence-corrected chi connectivity index (χ4v) is 1.01. The van der Waals surface area contributed by atoms with Gasteiger partial charge in [-0.2, -0.15) is 0 Å². The van der Waals surface area contributed by atoms with Gasteiger partial charge >= 0.3 is 0 Å². The number of nitrogens with zero attached hydrogens (tertiary/aromatic N) is 3. The topological polar surface area (TPSA) is 30.7 Å². The van der Waals surface area contributed by atoms with Crippen LogP contribution in [0.5, 0.6) is 0 Å². The normalized spacial score (nSPS) is 12.3. The van der Waals surface area contributed by atoms with E-state index in [4.69, 9.17) is 0 Å². The number of hydrogen-bond donors (Lipinski definition) is 0. The average Bonchev–Trinajstić information content (AvgIpc) is 2.51. The van der Waals surface area contributed by atoms with Crippen LogP contribution in [0.4, 0.5) is 0 Å². The zero-order valence-corrected chi connectivity index (χ0v) is 7.94. The number of hydrogen-bond acceptors (Lipinski definition) is 2. The van der Waals surface area contributed by atoms with Crippen molar-refractivity contribution in [2.75, 3.05) is 0 Å². The monoisotopic (exact) mass is 175 g/mol. The molecule has 1 heterocycles. The minimum atomic E-state index is 0.862. The molecule has 1 rings (SSSR count). The van der Waals surface area contributed by atoms with E-state index in [1.807, 2.05) is 38.4 Å². The second-order valence-electron chi connectivity index (χ2n) is 2.64. The summed E-state index contributed by atoms with van der Waals surface area (Å²) in [6.45, 7) is 5.62. The van der Waals surface area contributed by atoms with Crippen LogP contribution in [-0.4, -0.2) is 15.0 Å². The summed E-state index contributed by atoms with van der Waals surface area (Å²) in [6, 6.07) is 0. The van der Waals surface area contributed by atoms with Crippen LogP contribution in [0.1, 0.15) is 12.6 Å². The van der Waals surface area contributed by atoms with Crippen LogP contribution < -0.4 is 0 Å². The van der Waals surface area contributed by atoms with Gasteiger partial charge in [0.25, 0.3) is 0 Å². The molecule has 13 heavy (non-hydrogen) atoms. The predicted molar refractivity (Wildman–Crippen MR) is 54.0 cm³/mol. The summed E-state index contributed by atoms with van der Waals surface area (Å²) in [6.07, 6.45) is 9.46. The van der Waals surface area contributed by atoms with Crippen LogP contribution >= 0.6 is 0 Å². The molecule has 0 aliphatic heterocycles. The maximum atomic E-state index is 4.00. The molecule has 68 valence electrons. The molecule has 0 amide bonds. The van der Waals surface area contributed by atoms with Crippen LogP contribution in [0, 0.1) is 0 Å². The molecular weight excluding hydrogens is 162 g/mol. The quantitative estimate of drug-likeness (QED) is 0.657. The molecule has 0 atom stereocenters. The third-order valence-electron chi connectivity index (χ3n) is 1.54. The van der Waals surface area contributed by atoms with Crippen LogP contribution in [0.25, 0.3) is 5.57 Å². The van der Waals surface area contributed by atoms with Crippen LogP contribution in [-0.2, 0) is 7.05 Å². The van der Waals surface area contributed by atoms with Gasteiger partial charge in [0.15, 0.2) is 0 Å². The van der Waals surface area contributed by atoms with Crippen molar-refractivity contribution in [2.45, 2.75) is 6.92 Å². The minimum Gasteiger partial charge on any atom is -0.255 e. The summed E-state index contributed by atoms with van der Waals surface area (Å²) in [5.41, 5.74) is 1.88. The first-order valence-corrected chi connectivity index (χ1v) is 4.10. The standard InChI is InChI=1S/C10H13N3/c1-4-6-9(7-5-2)10-8-13(3)12-11-10/h4-8H,1H2,2-3H3/b7-5-,9-6+. The van der Waals surface area contributed by atoms with Gasteiger partial charge in [0, 0.05) is 12.6 Å². The Balaban J connectivity index is 3.01. The van der Waals surface area contributed by atoms with Crippen molar-refractivity contribution in [3.8, 4) is 0 Å². The highest BCUT2D eigenvalue weighted by molar-refractivity contribution is 5.72. The fraction of sp³-hybridized carbons (Fsp3) is 0.200. The molecular formula is C10H13N3. The molecule has 0 bridgehead atoms. The summed E-state index contributed by atoms with van der Waals surface area (Å²) in [5, 5.41) is 7.86. The van der Waals surface area contributed by atoms with Gasteiger partial charge in [0.2, 0.25) is 0 Å². The van der Waals surface area contributed by atoms with E-state index < -0.39 is 0 Å². The molecule has 0 spiro atoms. The highest BCUT2D eigenvalue weighted by atomic mass is 15.4. The van der Waals surface area contributed by atoms with Crippen molar-refractivity contribution in [1.82, 2.24) is 15.0 Å². The number of aromatic nitrogens is 3. The van der Waals surface area contributed by atoms with Gasteiger partial charge in [-0.1, -0.05) is 36.1 Å². The summed E-state index contributed by atoms with van der Waals surface area (Å²) >= 11 is 0. The number of aryl methyl sites for hydroxylation is 1. The van der Waals surface area contributed by atoms with Crippen molar-refractivity contribution in [1.29, 1.82) is 0 Å². The Bertz CT molecular complexity index is 345. The molecule has 0 radical (unpaired) electrons. The molecule has 3 heteroatoms. The SMILES string of the molecule is C=C/C=C(\C=C/C)c1cn(C)nn1. The molecule has 0 N–H and O–H groups in total. The Hall–Kier alpha value is -1.64. The molecule has 0 aliphatic carbocycles. The Kier molecular flexibility index (Phi) is 3.20. The molecule has 3 nitrogen and oxygen atoms in total. The second-order valence-corrected chi connectivity index (χ2v) is 2.64. The van der Waals surface area contributed by atoms with E-state index in [0.717, 1.165) is 11.3 Å². The zero-order valence-electron chi connectivity index (χ0n) is 7.94. The third kappa shape index (κ3) is 2.40. The van der Waals surface area contributed by atoms with E-state index in [1.165, 1.54) is 0 Å². The molecule has 1 aromatic rings. The number of allylic oxidation sites excluding steroid dienone is 5. The lowest BCUT2D eigenvalue weighted by molar-refractivity contribution is 0.714. The van der Waals surface area contributed by atoms with E-state index in [9.17, 15) is 0 Å². The smallest absolute Gasteiger partial charge is 0.113 e. The Morgan fingerprint density at radius 1 is 1.62 bits per heavy atom. The Morgan fingerprint density at radius 2 is 2.38 bits per heavy atom. The Labute approximate surface area is 78.1 Å². The van der Waals surface area contributed by atoms with Gasteiger partial charge in [-0.15, -0.1) is 5.10 Å². The van der Waals surface area contributed by atoms with Gasteiger partial charge in [-0.3, -0.25) is 4.68 Å². The van der Waals surface area contributed by atoms with Crippen LogP contribution in [0.15, 0.2) is 37.1 Å². The van der Waals surface area contributed by atoms with Gasteiger partial charge in [-0.05, 0) is 6.92 Å². The van der Waals surface area contributed by atoms with E-state index in [2.05, 4.69) is 16.9 Å². The molecule has 0 aliphatic rings. The first-order chi connectivity index (χ1) is 6.27. The average molecular weight is 175 g/mol. The number of rotatable bonds is 3. The first kappa shape index (κ1) is 9.45. The summed E-state index contributed by atoms with van der Waals surface area (Å²) in [5.74, 6) is 0. The third-order valence-corrected chi connectivity index (χ3v) is 1.54. The first-order valence-electron chi connectivity index (χ1n) is 4.10. The zero-order chi connectivity index (χ0) is 9.68. The van der Waals surface area contributed by atoms with E-state index in [1.54, 1.807) is 10.8 Å². The second kappa shape index (κ2) is 4.40. The van der Waals surface area contributed by atoms with Gasteiger partial charge < -0.3 is 0 Å². The molecule has 1 aromatic heterocycles. The van der Waals surface area contributed by atoms with Crippen LogP contribution in [0.2, 0.25) is 0 Å².